The maximum absolute atomic E-state index is 12.2. The maximum atomic E-state index is 12.2. The SMILES string of the molecule is CC(=O)N1CCN(c2ccccc2NC(=S)NC(=O)/C=C/c2ccc(Cl)cc2Cl)CC1. The lowest BCUT2D eigenvalue weighted by molar-refractivity contribution is -0.129. The third-order valence-electron chi connectivity index (χ3n) is 4.83. The van der Waals surface area contributed by atoms with Crippen molar-refractivity contribution in [2.45, 2.75) is 6.92 Å². The van der Waals surface area contributed by atoms with Gasteiger partial charge < -0.3 is 15.1 Å². The lowest BCUT2D eigenvalue weighted by atomic mass is 10.2. The molecule has 0 aliphatic carbocycles. The summed E-state index contributed by atoms with van der Waals surface area (Å²) in [7, 11) is 0. The number of carbonyl (C=O) groups is 2. The number of piperazine rings is 1. The number of nitrogens with one attached hydrogen (secondary N) is 2. The third-order valence-corrected chi connectivity index (χ3v) is 5.60. The first-order valence-corrected chi connectivity index (χ1v) is 10.8. The van der Waals surface area contributed by atoms with Crippen LogP contribution in [0.25, 0.3) is 6.08 Å². The number of nitrogens with zero attached hydrogens (tertiary/aromatic N) is 2. The van der Waals surface area contributed by atoms with Crippen LogP contribution in [0, 0.1) is 0 Å². The van der Waals surface area contributed by atoms with Gasteiger partial charge in [0, 0.05) is 49.2 Å². The second kappa shape index (κ2) is 10.6. The van der Waals surface area contributed by atoms with E-state index in [1.165, 1.54) is 6.08 Å². The molecule has 0 radical (unpaired) electrons. The highest BCUT2D eigenvalue weighted by atomic mass is 35.5. The van der Waals surface area contributed by atoms with Crippen molar-refractivity contribution in [3.05, 3.63) is 64.1 Å². The lowest BCUT2D eigenvalue weighted by Gasteiger charge is -2.36. The molecule has 162 valence electrons. The predicted molar refractivity (Wildman–Crippen MR) is 131 cm³/mol. The molecule has 2 aromatic rings. The number of anilines is 2. The summed E-state index contributed by atoms with van der Waals surface area (Å²) in [6, 6.07) is 12.8. The van der Waals surface area contributed by atoms with Crippen molar-refractivity contribution in [2.24, 2.45) is 0 Å². The van der Waals surface area contributed by atoms with Gasteiger partial charge in [0.25, 0.3) is 0 Å². The number of para-hydroxylation sites is 2. The molecule has 2 N–H and O–H groups in total. The van der Waals surface area contributed by atoms with Crippen molar-refractivity contribution in [2.75, 3.05) is 36.4 Å². The number of rotatable bonds is 4. The number of halogens is 2. The zero-order chi connectivity index (χ0) is 22.4. The fourth-order valence-corrected chi connectivity index (χ4v) is 3.91. The topological polar surface area (TPSA) is 64.7 Å². The molecule has 0 spiro atoms. The Morgan fingerprint density at radius 1 is 1.06 bits per heavy atom. The van der Waals surface area contributed by atoms with Gasteiger partial charge in [-0.1, -0.05) is 41.4 Å². The lowest BCUT2D eigenvalue weighted by Crippen LogP contribution is -2.48. The maximum Gasteiger partial charge on any atom is 0.250 e. The van der Waals surface area contributed by atoms with Crippen LogP contribution in [0.2, 0.25) is 10.0 Å². The molecule has 1 heterocycles. The van der Waals surface area contributed by atoms with Gasteiger partial charge in [0.15, 0.2) is 5.11 Å². The van der Waals surface area contributed by atoms with E-state index in [-0.39, 0.29) is 16.9 Å². The molecule has 0 bridgehead atoms. The number of amides is 2. The monoisotopic (exact) mass is 476 g/mol. The highest BCUT2D eigenvalue weighted by Crippen LogP contribution is 2.26. The summed E-state index contributed by atoms with van der Waals surface area (Å²) in [5.74, 6) is -0.293. The van der Waals surface area contributed by atoms with Crippen LogP contribution in [-0.2, 0) is 9.59 Å². The van der Waals surface area contributed by atoms with Gasteiger partial charge in [-0.15, -0.1) is 0 Å². The highest BCUT2D eigenvalue weighted by Gasteiger charge is 2.20. The summed E-state index contributed by atoms with van der Waals surface area (Å²) in [4.78, 5) is 27.8. The number of benzene rings is 2. The van der Waals surface area contributed by atoms with Crippen molar-refractivity contribution in [1.82, 2.24) is 10.2 Å². The minimum absolute atomic E-state index is 0.0860. The zero-order valence-corrected chi connectivity index (χ0v) is 19.2. The van der Waals surface area contributed by atoms with E-state index in [1.54, 1.807) is 31.2 Å². The molecule has 1 aliphatic heterocycles. The Kier molecular flexibility index (Phi) is 7.90. The molecule has 6 nitrogen and oxygen atoms in total. The summed E-state index contributed by atoms with van der Waals surface area (Å²) >= 11 is 17.3. The Morgan fingerprint density at radius 3 is 2.45 bits per heavy atom. The van der Waals surface area contributed by atoms with Crippen LogP contribution in [-0.4, -0.2) is 48.0 Å². The third kappa shape index (κ3) is 6.43. The quantitative estimate of drug-likeness (QED) is 0.511. The molecule has 9 heteroatoms. The summed E-state index contributed by atoms with van der Waals surface area (Å²) in [6.45, 7) is 4.37. The fraction of sp³-hybridized carbons (Fsp3) is 0.227. The van der Waals surface area contributed by atoms with Gasteiger partial charge in [0.1, 0.15) is 0 Å². The van der Waals surface area contributed by atoms with Gasteiger partial charge in [0.2, 0.25) is 11.8 Å². The van der Waals surface area contributed by atoms with Gasteiger partial charge in [-0.2, -0.15) is 0 Å². The molecule has 1 saturated heterocycles. The first kappa shape index (κ1) is 23.1. The van der Waals surface area contributed by atoms with Crippen LogP contribution in [0.15, 0.2) is 48.5 Å². The van der Waals surface area contributed by atoms with Gasteiger partial charge >= 0.3 is 0 Å². The largest absolute Gasteiger partial charge is 0.366 e. The Morgan fingerprint density at radius 2 is 1.77 bits per heavy atom. The van der Waals surface area contributed by atoms with E-state index in [9.17, 15) is 9.59 Å². The van der Waals surface area contributed by atoms with E-state index in [4.69, 9.17) is 35.4 Å². The van der Waals surface area contributed by atoms with Gasteiger partial charge in [0.05, 0.1) is 11.4 Å². The molecular formula is C22H22Cl2N4O2S. The molecule has 0 saturated carbocycles. The minimum Gasteiger partial charge on any atom is -0.366 e. The smallest absolute Gasteiger partial charge is 0.250 e. The van der Waals surface area contributed by atoms with Crippen molar-refractivity contribution < 1.29 is 9.59 Å². The molecule has 0 aromatic heterocycles. The normalized spacial score (nSPS) is 13.9. The summed E-state index contributed by atoms with van der Waals surface area (Å²) in [5.41, 5.74) is 2.43. The average molecular weight is 477 g/mol. The van der Waals surface area contributed by atoms with Crippen LogP contribution in [0.5, 0.6) is 0 Å². The van der Waals surface area contributed by atoms with Crippen molar-refractivity contribution in [1.29, 1.82) is 0 Å². The van der Waals surface area contributed by atoms with E-state index < -0.39 is 0 Å². The van der Waals surface area contributed by atoms with E-state index in [1.807, 2.05) is 29.2 Å². The fourth-order valence-electron chi connectivity index (χ4n) is 3.23. The van der Waals surface area contributed by atoms with Crippen LogP contribution in [0.1, 0.15) is 12.5 Å². The van der Waals surface area contributed by atoms with Gasteiger partial charge in [-0.05, 0) is 48.1 Å². The van der Waals surface area contributed by atoms with Crippen LogP contribution >= 0.6 is 35.4 Å². The summed E-state index contributed by atoms with van der Waals surface area (Å²) in [6.07, 6.45) is 2.95. The number of thiocarbonyl (C=S) groups is 1. The molecule has 0 atom stereocenters. The highest BCUT2D eigenvalue weighted by molar-refractivity contribution is 7.80. The Balaban J connectivity index is 1.60. The first-order valence-electron chi connectivity index (χ1n) is 9.68. The molecule has 1 fully saturated rings. The molecule has 2 aromatic carbocycles. The van der Waals surface area contributed by atoms with E-state index in [2.05, 4.69) is 15.5 Å². The van der Waals surface area contributed by atoms with E-state index in [0.717, 1.165) is 24.5 Å². The van der Waals surface area contributed by atoms with Crippen molar-refractivity contribution >= 4 is 69.8 Å². The Labute approximate surface area is 196 Å². The molecule has 3 rings (SSSR count). The van der Waals surface area contributed by atoms with E-state index in [0.29, 0.717) is 28.7 Å². The predicted octanol–water partition coefficient (Wildman–Crippen LogP) is 4.19. The average Bonchev–Trinajstić information content (AvgIpc) is 2.73. The summed E-state index contributed by atoms with van der Waals surface area (Å²) in [5, 5.41) is 6.89. The molecular weight excluding hydrogens is 455 g/mol. The van der Waals surface area contributed by atoms with Crippen LogP contribution in [0.4, 0.5) is 11.4 Å². The minimum atomic E-state index is -0.379. The number of hydrogen-bond acceptors (Lipinski definition) is 4. The summed E-state index contributed by atoms with van der Waals surface area (Å²) < 4.78 is 0. The number of hydrogen-bond donors (Lipinski definition) is 2. The molecule has 0 unspecified atom stereocenters. The Hall–Kier alpha value is -2.61. The standard InChI is InChI=1S/C22H22Cl2N4O2S/c1-15(29)27-10-12-28(13-11-27)20-5-3-2-4-19(20)25-22(31)26-21(30)9-7-16-6-8-17(23)14-18(16)24/h2-9,14H,10-13H2,1H3,(H2,25,26,30,31)/b9-7+. The van der Waals surface area contributed by atoms with E-state index >= 15 is 0 Å². The van der Waals surface area contributed by atoms with Gasteiger partial charge in [-0.3, -0.25) is 14.9 Å². The number of carbonyl (C=O) groups excluding carboxylic acids is 2. The van der Waals surface area contributed by atoms with Crippen LogP contribution in [0.3, 0.4) is 0 Å². The van der Waals surface area contributed by atoms with Gasteiger partial charge in [-0.25, -0.2) is 0 Å². The second-order valence-electron chi connectivity index (χ2n) is 6.95. The van der Waals surface area contributed by atoms with Crippen molar-refractivity contribution in [3.8, 4) is 0 Å². The van der Waals surface area contributed by atoms with Crippen LogP contribution < -0.4 is 15.5 Å². The molecule has 1 aliphatic rings. The first-order chi connectivity index (χ1) is 14.8. The Bertz CT molecular complexity index is 1020. The molecule has 2 amide bonds. The second-order valence-corrected chi connectivity index (χ2v) is 8.20. The van der Waals surface area contributed by atoms with Crippen molar-refractivity contribution in [3.63, 3.8) is 0 Å². The molecule has 31 heavy (non-hydrogen) atoms. The zero-order valence-electron chi connectivity index (χ0n) is 16.9.